The monoisotopic (exact) mass is 264 g/mol. The fraction of sp³-hybridized carbons (Fsp3) is 0. The number of rotatable bonds is 0. The molecule has 0 unspecified atom stereocenters. The summed E-state index contributed by atoms with van der Waals surface area (Å²) in [5.74, 6) is 0. The maximum atomic E-state index is 7.17. The Morgan fingerprint density at radius 2 is 0.278 bits per heavy atom. The van der Waals surface area contributed by atoms with Gasteiger partial charge in [-0.1, -0.05) is 0 Å². The Labute approximate surface area is 127 Å². The summed E-state index contributed by atoms with van der Waals surface area (Å²) in [6.07, 6.45) is 0. The average molecular weight is 263 g/mol. The van der Waals surface area contributed by atoms with Gasteiger partial charge < -0.3 is 60.3 Å². The second-order valence-electron chi connectivity index (χ2n) is 1.39. The van der Waals surface area contributed by atoms with Gasteiger partial charge in [-0.25, -0.2) is 0 Å². The molecule has 0 bridgehead atoms. The van der Waals surface area contributed by atoms with E-state index in [0.29, 0.717) is 0 Å². The first-order valence-electron chi connectivity index (χ1n) is 3.10. The number of hydrogen-bond acceptors (Lipinski definition) is 12. The maximum absolute atomic E-state index is 7.17. The molecule has 0 aromatic rings. The Morgan fingerprint density at radius 1 is 0.278 bits per heavy atom. The van der Waals surface area contributed by atoms with Crippen molar-refractivity contribution in [1.82, 2.24) is 0 Å². The van der Waals surface area contributed by atoms with E-state index in [-0.39, 0.29) is 37.7 Å². The molecule has 0 saturated carbocycles. The zero-order valence-electron chi connectivity index (χ0n) is 7.68. The van der Waals surface area contributed by atoms with Crippen LogP contribution in [0, 0.1) is 0 Å². The van der Waals surface area contributed by atoms with Crippen LogP contribution in [0.5, 0.6) is 0 Å². The fourth-order valence-corrected chi connectivity index (χ4v) is 0. The Balaban J connectivity index is -0.0000000257. The standard InChI is InChI=1S/4BH3O3.2Li.2H/c4*2-1(3)4;;;;/h4*2-4H;;;;. The van der Waals surface area contributed by atoms with Crippen LogP contribution in [0.2, 0.25) is 0 Å². The van der Waals surface area contributed by atoms with Crippen LogP contribution in [0.3, 0.4) is 0 Å². The quantitative estimate of drug-likeness (QED) is 0.182. The van der Waals surface area contributed by atoms with Gasteiger partial charge in [0.2, 0.25) is 0 Å². The number of hydrogen-bond donors (Lipinski definition) is 12. The minimum atomic E-state index is -2.17. The molecule has 0 aromatic heterocycles. The van der Waals surface area contributed by atoms with Crippen molar-refractivity contribution in [3.05, 3.63) is 0 Å². The van der Waals surface area contributed by atoms with Crippen molar-refractivity contribution in [2.24, 2.45) is 0 Å². The Kier molecular flexibility index (Phi) is 62.2. The van der Waals surface area contributed by atoms with Crippen molar-refractivity contribution >= 4 is 67.0 Å². The second kappa shape index (κ2) is 30.8. The molecule has 0 spiro atoms. The molecular formula is H14B4Li2O12. The normalized spacial score (nSPS) is 6.00. The van der Waals surface area contributed by atoms with E-state index in [9.17, 15) is 0 Å². The molecule has 0 aliphatic carbocycles. The molecule has 0 amide bonds. The van der Waals surface area contributed by atoms with Gasteiger partial charge in [0.15, 0.2) is 0 Å². The summed E-state index contributed by atoms with van der Waals surface area (Å²) in [4.78, 5) is 0. The third-order valence-electron chi connectivity index (χ3n) is 0. The molecule has 100 valence electrons. The first-order valence-corrected chi connectivity index (χ1v) is 3.10. The van der Waals surface area contributed by atoms with E-state index in [1.165, 1.54) is 0 Å². The first kappa shape index (κ1) is 36.4. The van der Waals surface area contributed by atoms with Crippen LogP contribution in [-0.4, -0.2) is 127 Å². The van der Waals surface area contributed by atoms with Gasteiger partial charge in [-0.05, 0) is 0 Å². The fourth-order valence-electron chi connectivity index (χ4n) is 0. The second-order valence-corrected chi connectivity index (χ2v) is 1.39. The first-order chi connectivity index (χ1) is 6.93. The predicted molar refractivity (Wildman–Crippen MR) is 63.9 cm³/mol. The third-order valence-corrected chi connectivity index (χ3v) is 0. The molecule has 0 radical (unpaired) electrons. The van der Waals surface area contributed by atoms with Gasteiger partial charge in [0.05, 0.1) is 0 Å². The molecule has 12 N–H and O–H groups in total. The molecular weight excluding hydrogens is 249 g/mol. The molecule has 0 aromatic carbocycles. The van der Waals surface area contributed by atoms with Crippen molar-refractivity contribution in [2.75, 3.05) is 0 Å². The van der Waals surface area contributed by atoms with Gasteiger partial charge in [0, 0.05) is 0 Å². The van der Waals surface area contributed by atoms with Gasteiger partial charge in [-0.15, -0.1) is 0 Å². The molecule has 12 nitrogen and oxygen atoms in total. The zero-order valence-corrected chi connectivity index (χ0v) is 7.68. The van der Waals surface area contributed by atoms with E-state index in [2.05, 4.69) is 0 Å². The van der Waals surface area contributed by atoms with Gasteiger partial charge in [-0.3, -0.25) is 0 Å². The van der Waals surface area contributed by atoms with Crippen LogP contribution in [0.4, 0.5) is 0 Å². The summed E-state index contributed by atoms with van der Waals surface area (Å²) in [7, 11) is -8.67. The van der Waals surface area contributed by atoms with Crippen LogP contribution >= 0.6 is 0 Å². The Hall–Kier alpha value is 0.975. The van der Waals surface area contributed by atoms with Crippen molar-refractivity contribution in [2.45, 2.75) is 0 Å². The van der Waals surface area contributed by atoms with E-state index in [0.717, 1.165) is 0 Å². The molecule has 0 saturated heterocycles. The summed E-state index contributed by atoms with van der Waals surface area (Å²) in [6.45, 7) is 0. The molecule has 0 rings (SSSR count). The molecule has 18 heteroatoms. The van der Waals surface area contributed by atoms with Crippen LogP contribution in [0.1, 0.15) is 0 Å². The van der Waals surface area contributed by atoms with E-state index in [1.54, 1.807) is 0 Å². The van der Waals surface area contributed by atoms with Crippen molar-refractivity contribution < 1.29 is 60.3 Å². The van der Waals surface area contributed by atoms with Gasteiger partial charge in [-0.2, -0.15) is 0 Å². The molecule has 0 fully saturated rings. The summed E-state index contributed by atoms with van der Waals surface area (Å²) < 4.78 is 0. The summed E-state index contributed by atoms with van der Waals surface area (Å²) in [6, 6.07) is 0. The summed E-state index contributed by atoms with van der Waals surface area (Å²) in [5.41, 5.74) is 0. The third kappa shape index (κ3) is 4560. The van der Waals surface area contributed by atoms with Crippen molar-refractivity contribution in [3.63, 3.8) is 0 Å². The van der Waals surface area contributed by atoms with Crippen LogP contribution in [-0.2, 0) is 0 Å². The van der Waals surface area contributed by atoms with E-state index in [1.807, 2.05) is 0 Å². The van der Waals surface area contributed by atoms with E-state index < -0.39 is 29.3 Å². The molecule has 18 heavy (non-hydrogen) atoms. The SMILES string of the molecule is OB(O)O.OB(O)O.OB(O)O.OB(O)O.[LiH].[LiH]. The van der Waals surface area contributed by atoms with Crippen LogP contribution in [0.25, 0.3) is 0 Å². The average Bonchev–Trinajstić information content (AvgIpc) is 1.76. The molecule has 0 heterocycles. The summed E-state index contributed by atoms with van der Waals surface area (Å²) in [5, 5.41) is 86.0. The topological polar surface area (TPSA) is 243 Å². The zero-order chi connectivity index (χ0) is 14.3. The van der Waals surface area contributed by atoms with E-state index in [4.69, 9.17) is 60.3 Å². The van der Waals surface area contributed by atoms with Crippen molar-refractivity contribution in [1.29, 1.82) is 0 Å². The van der Waals surface area contributed by atoms with Crippen LogP contribution in [0.15, 0.2) is 0 Å². The molecule has 0 aliphatic rings. The van der Waals surface area contributed by atoms with E-state index >= 15 is 0 Å². The Morgan fingerprint density at radius 3 is 0.278 bits per heavy atom. The molecule has 0 aliphatic heterocycles. The van der Waals surface area contributed by atoms with Gasteiger partial charge in [0.1, 0.15) is 0 Å². The van der Waals surface area contributed by atoms with Crippen molar-refractivity contribution in [3.8, 4) is 0 Å². The van der Waals surface area contributed by atoms with Gasteiger partial charge in [0.25, 0.3) is 0 Å². The summed E-state index contributed by atoms with van der Waals surface area (Å²) >= 11 is 0. The molecule has 0 atom stereocenters. The minimum absolute atomic E-state index is 0. The predicted octanol–water partition coefficient (Wildman–Crippen LogP) is -9.50. The van der Waals surface area contributed by atoms with Crippen LogP contribution < -0.4 is 0 Å². The Bertz CT molecular complexity index is 65.1. The van der Waals surface area contributed by atoms with Gasteiger partial charge >= 0.3 is 67.0 Å².